The van der Waals surface area contributed by atoms with Crippen molar-refractivity contribution in [2.75, 3.05) is 0 Å². The molecular formula is C100H172O15. The van der Waals surface area contributed by atoms with Crippen molar-refractivity contribution in [3.05, 3.63) is 72.9 Å². The number of hydrogen-bond donors (Lipinski definition) is 0. The van der Waals surface area contributed by atoms with Crippen LogP contribution in [0.4, 0.5) is 0 Å². The molecule has 0 atom stereocenters. The molecule has 16 aliphatic rings. The maximum absolute atomic E-state index is 12.0. The summed E-state index contributed by atoms with van der Waals surface area (Å²) in [4.78, 5) is 92.3. The number of ether oxygens (including phenoxy) is 7. The summed E-state index contributed by atoms with van der Waals surface area (Å²) in [6.45, 7) is 50.1. The average molecular weight is 1610 g/mol. The van der Waals surface area contributed by atoms with Gasteiger partial charge in [0.05, 0.1) is 0 Å². The highest BCUT2D eigenvalue weighted by atomic mass is 16.6. The van der Waals surface area contributed by atoms with Crippen LogP contribution in [0.5, 0.6) is 0 Å². The zero-order valence-corrected chi connectivity index (χ0v) is 71.0. The van der Waals surface area contributed by atoms with Gasteiger partial charge in [-0.1, -0.05) is 137 Å². The molecule has 0 aliphatic heterocycles. The Bertz CT molecular complexity index is 3140. The van der Waals surface area contributed by atoms with E-state index < -0.39 is 17.4 Å². The minimum Gasteiger partial charge on any atom is -0.456 e. The molecule has 0 aromatic rings. The molecule has 16 fully saturated rings. The number of esters is 7. The minimum absolute atomic E-state index is 0. The molecule has 115 heavy (non-hydrogen) atoms. The standard InChI is InChI=1S/C16H24O3.C16H24O2.C15H22O2.C14H24O2.C12H20O2.C11H18O2.C10H16O2.6CH4/c1-10(17)14(18)19-15(2,3)16-7-11-4-12(8-16)6-13(5-11)9-16;1-4-16(18-15(17)10(2)3)13-6-11-5-12(8-13)9-14(16)7-11;1-9(2)14(16)17-15(3)12-5-10-4-11(7-12)8-13(15)6-10;1-4-14(16-13(15)12(2)3)10-8-6-5-7-9-11-14;1-4-12(8-6-5-7-9-12)14-11(13)10(2)3;1-4-11(7-5-6-8-11)13-10(12)9(2)3;1-8(2)9(11)12-10(3)6-4-5-7-10;;;;;;/h11-13H,4-9H2,1-3H3;11-14H,2,4-9H2,1,3H3;10-13H,1,4-8H2,2-3H3;2,4-11H2,1,3H3;2,4-9H2,1,3H3;2,4-8H2,1,3H3;1,4-7H2,2-3H3;6*1H4. The number of carbonyl (C=O) groups is 8. The van der Waals surface area contributed by atoms with Gasteiger partial charge >= 0.3 is 41.8 Å². The van der Waals surface area contributed by atoms with E-state index in [1.54, 1.807) is 41.5 Å². The molecule has 0 aromatic heterocycles. The molecule has 0 aromatic carbocycles. The van der Waals surface area contributed by atoms with Crippen LogP contribution in [0.2, 0.25) is 0 Å². The van der Waals surface area contributed by atoms with E-state index in [4.69, 9.17) is 33.2 Å². The van der Waals surface area contributed by atoms with Crippen molar-refractivity contribution >= 4 is 47.6 Å². The van der Waals surface area contributed by atoms with Crippen LogP contribution >= 0.6 is 0 Å². The summed E-state index contributed by atoms with van der Waals surface area (Å²) in [7, 11) is 0. The minimum atomic E-state index is -0.666. The Labute approximate surface area is 703 Å². The molecule has 16 aliphatic carbocycles. The summed E-state index contributed by atoms with van der Waals surface area (Å²) in [6, 6.07) is 0. The van der Waals surface area contributed by atoms with Crippen molar-refractivity contribution in [2.45, 2.75) is 444 Å². The molecular weight excluding hydrogens is 1440 g/mol. The van der Waals surface area contributed by atoms with Crippen LogP contribution in [0, 0.1) is 70.5 Å². The Morgan fingerprint density at radius 3 is 0.835 bits per heavy atom. The summed E-state index contributed by atoms with van der Waals surface area (Å²) >= 11 is 0. The number of rotatable bonds is 19. The molecule has 15 heteroatoms. The summed E-state index contributed by atoms with van der Waals surface area (Å²) < 4.78 is 39.5. The number of carbonyl (C=O) groups excluding carboxylic acids is 8. The van der Waals surface area contributed by atoms with Gasteiger partial charge in [0.1, 0.15) is 39.2 Å². The molecule has 0 unspecified atom stereocenters. The fourth-order valence-corrected chi connectivity index (χ4v) is 22.6. The average Bonchev–Trinajstić information content (AvgIpc) is 1.01. The predicted molar refractivity (Wildman–Crippen MR) is 473 cm³/mol. The van der Waals surface area contributed by atoms with Crippen LogP contribution in [0.3, 0.4) is 0 Å². The summed E-state index contributed by atoms with van der Waals surface area (Å²) in [5.41, 5.74) is 1.53. The first-order chi connectivity index (χ1) is 51.2. The second-order valence-corrected chi connectivity index (χ2v) is 38.1. The Morgan fingerprint density at radius 2 is 0.548 bits per heavy atom. The Hall–Kier alpha value is -5.60. The van der Waals surface area contributed by atoms with Gasteiger partial charge in [-0.3, -0.25) is 4.79 Å². The van der Waals surface area contributed by atoms with E-state index in [1.807, 2.05) is 20.8 Å². The topological polar surface area (TPSA) is 201 Å². The monoisotopic (exact) mass is 1610 g/mol. The van der Waals surface area contributed by atoms with Crippen molar-refractivity contribution in [3.63, 3.8) is 0 Å². The quantitative estimate of drug-likeness (QED) is 0.0511. The van der Waals surface area contributed by atoms with Crippen LogP contribution in [0.25, 0.3) is 0 Å². The second-order valence-electron chi connectivity index (χ2n) is 38.1. The highest BCUT2D eigenvalue weighted by Crippen LogP contribution is 2.65. The fourth-order valence-electron chi connectivity index (χ4n) is 22.6. The smallest absolute Gasteiger partial charge is 0.374 e. The molecule has 15 nitrogen and oxygen atoms in total. The van der Waals surface area contributed by atoms with Gasteiger partial charge in [-0.15, -0.1) is 0 Å². The van der Waals surface area contributed by atoms with Gasteiger partial charge < -0.3 is 33.2 Å². The molecule has 0 N–H and O–H groups in total. The second kappa shape index (κ2) is 46.3. The molecule has 0 spiro atoms. The van der Waals surface area contributed by atoms with E-state index in [0.29, 0.717) is 57.1 Å². The Kier molecular flexibility index (Phi) is 43.2. The van der Waals surface area contributed by atoms with Gasteiger partial charge in [-0.25, -0.2) is 33.6 Å². The zero-order chi connectivity index (χ0) is 80.7. The maximum Gasteiger partial charge on any atom is 0.374 e. The Balaban J connectivity index is 0.000000669. The van der Waals surface area contributed by atoms with Gasteiger partial charge in [0.25, 0.3) is 0 Å². The molecule has 0 radical (unpaired) electrons. The van der Waals surface area contributed by atoms with Crippen LogP contribution in [-0.4, -0.2) is 86.8 Å². The van der Waals surface area contributed by atoms with Gasteiger partial charge in [-0.05, 0) is 365 Å². The van der Waals surface area contributed by atoms with Crippen LogP contribution < -0.4 is 0 Å². The molecule has 0 amide bonds. The van der Waals surface area contributed by atoms with Crippen molar-refractivity contribution in [1.82, 2.24) is 0 Å². The fraction of sp³-hybridized carbons (Fsp3) is 0.800. The first-order valence-corrected chi connectivity index (χ1v) is 43.2. The van der Waals surface area contributed by atoms with E-state index >= 15 is 0 Å². The van der Waals surface area contributed by atoms with Crippen LogP contribution in [-0.2, 0) is 71.5 Å². The first kappa shape index (κ1) is 107. The van der Waals surface area contributed by atoms with Crippen molar-refractivity contribution < 1.29 is 71.5 Å². The summed E-state index contributed by atoms with van der Waals surface area (Å²) in [6.07, 6.45) is 47.1. The highest BCUT2D eigenvalue weighted by molar-refractivity contribution is 6.32. The molecule has 16 saturated carbocycles. The summed E-state index contributed by atoms with van der Waals surface area (Å²) in [5.74, 6) is 6.08. The summed E-state index contributed by atoms with van der Waals surface area (Å²) in [5, 5.41) is 0. The molecule has 0 heterocycles. The lowest BCUT2D eigenvalue weighted by molar-refractivity contribution is -0.207. The van der Waals surface area contributed by atoms with Crippen LogP contribution in [0.15, 0.2) is 72.9 Å². The van der Waals surface area contributed by atoms with Gasteiger partial charge in [0.2, 0.25) is 5.78 Å². The van der Waals surface area contributed by atoms with Crippen molar-refractivity contribution in [1.29, 1.82) is 0 Å². The number of hydrogen-bond acceptors (Lipinski definition) is 15. The zero-order valence-electron chi connectivity index (χ0n) is 71.0. The van der Waals surface area contributed by atoms with Crippen molar-refractivity contribution in [3.8, 4) is 0 Å². The predicted octanol–water partition coefficient (Wildman–Crippen LogP) is 26.4. The SMILES string of the molecule is C.C.C.C.C.C.C=C(C)C(=O)OC1(C)C2CC3CC(C2)CC1C3.C=C(C)C(=O)OC1(C)CCCC1.C=C(C)C(=O)OC1(CC)C2CC3CC(C2)CC1C3.C=C(C)C(=O)OC1(CC)CCCC1.C=C(C)C(=O)OC1(CC)CCCCC1.C=C(C)C(=O)OC1(CC)CCCCCCC1.CC(=O)C(=O)OC(C)(C)C12CC3CC(CC(C3)C1)C2. The highest BCUT2D eigenvalue weighted by Gasteiger charge is 2.61. The molecule has 16 rings (SSSR count). The van der Waals surface area contributed by atoms with Gasteiger partial charge in [0, 0.05) is 45.8 Å². The van der Waals surface area contributed by atoms with Gasteiger partial charge in [0.15, 0.2) is 0 Å². The van der Waals surface area contributed by atoms with E-state index in [1.165, 1.54) is 187 Å². The van der Waals surface area contributed by atoms with E-state index in [9.17, 15) is 38.4 Å². The largest absolute Gasteiger partial charge is 0.456 e. The van der Waals surface area contributed by atoms with E-state index in [2.05, 4.69) is 74.1 Å². The molecule has 0 saturated heterocycles. The van der Waals surface area contributed by atoms with E-state index in [-0.39, 0.29) is 119 Å². The lowest BCUT2D eigenvalue weighted by Crippen LogP contribution is -2.59. The third-order valence-corrected chi connectivity index (χ3v) is 28.9. The number of ketones is 1. The molecule has 662 valence electrons. The van der Waals surface area contributed by atoms with E-state index in [0.717, 1.165) is 118 Å². The third-order valence-electron chi connectivity index (χ3n) is 28.9. The normalized spacial score (nSPS) is 30.3. The lowest BCUT2D eigenvalue weighted by Gasteiger charge is -2.61. The Morgan fingerprint density at radius 1 is 0.304 bits per heavy atom. The first-order valence-electron chi connectivity index (χ1n) is 43.2. The third kappa shape index (κ3) is 28.0. The maximum atomic E-state index is 12.0. The lowest BCUT2D eigenvalue weighted by atomic mass is 9.46. The van der Waals surface area contributed by atoms with Gasteiger partial charge in [-0.2, -0.15) is 0 Å². The van der Waals surface area contributed by atoms with Crippen molar-refractivity contribution in [2.24, 2.45) is 70.5 Å². The molecule has 12 bridgehead atoms. The number of Topliss-reactive ketones (excluding diaryl/α,β-unsaturated/α-hetero) is 1. The van der Waals surface area contributed by atoms with Crippen LogP contribution in [0.1, 0.15) is 405 Å².